The van der Waals surface area contributed by atoms with Crippen molar-refractivity contribution in [1.29, 1.82) is 0 Å². The molecule has 0 aliphatic heterocycles. The zero-order valence-electron chi connectivity index (χ0n) is 11.5. The maximum Gasteiger partial charge on any atom is 0.232 e. The highest BCUT2D eigenvalue weighted by atomic mass is 32.2. The molecule has 20 heavy (non-hydrogen) atoms. The zero-order chi connectivity index (χ0) is 14.6. The van der Waals surface area contributed by atoms with E-state index in [1.165, 1.54) is 0 Å². The highest BCUT2D eigenvalue weighted by Crippen LogP contribution is 2.30. The summed E-state index contributed by atoms with van der Waals surface area (Å²) in [6.07, 6.45) is 2.43. The summed E-state index contributed by atoms with van der Waals surface area (Å²) in [7, 11) is -3.26. The van der Waals surface area contributed by atoms with Crippen LogP contribution in [0.15, 0.2) is 18.2 Å². The van der Waals surface area contributed by atoms with Gasteiger partial charge in [-0.25, -0.2) is 8.42 Å². The summed E-state index contributed by atoms with van der Waals surface area (Å²) in [4.78, 5) is 0. The van der Waals surface area contributed by atoms with Crippen molar-refractivity contribution >= 4 is 15.7 Å². The molecule has 0 saturated heterocycles. The van der Waals surface area contributed by atoms with Crippen LogP contribution in [0.3, 0.4) is 0 Å². The van der Waals surface area contributed by atoms with E-state index in [1.807, 2.05) is 13.0 Å². The van der Waals surface area contributed by atoms with E-state index in [2.05, 4.69) is 16.6 Å². The van der Waals surface area contributed by atoms with Crippen molar-refractivity contribution in [2.45, 2.75) is 26.2 Å². The lowest BCUT2D eigenvalue weighted by atomic mass is 10.1. The van der Waals surface area contributed by atoms with Gasteiger partial charge in [0.2, 0.25) is 10.0 Å². The normalized spacial score (nSPS) is 14.5. The van der Waals surface area contributed by atoms with Gasteiger partial charge in [0, 0.05) is 17.7 Å². The number of sulfonamides is 1. The molecule has 1 fully saturated rings. The third kappa shape index (κ3) is 4.55. The number of aryl methyl sites for hydroxylation is 1. The smallest absolute Gasteiger partial charge is 0.232 e. The van der Waals surface area contributed by atoms with Crippen molar-refractivity contribution in [2.24, 2.45) is 5.92 Å². The molecule has 5 heteroatoms. The highest BCUT2D eigenvalue weighted by Gasteiger charge is 2.27. The summed E-state index contributed by atoms with van der Waals surface area (Å²) in [5, 5.41) is 8.72. The van der Waals surface area contributed by atoms with Gasteiger partial charge in [0.1, 0.15) is 0 Å². The Bertz CT molecular complexity index is 637. The Balaban J connectivity index is 2.12. The summed E-state index contributed by atoms with van der Waals surface area (Å²) >= 11 is 0. The zero-order valence-corrected chi connectivity index (χ0v) is 12.3. The van der Waals surface area contributed by atoms with Crippen LogP contribution in [-0.4, -0.2) is 25.9 Å². The van der Waals surface area contributed by atoms with Gasteiger partial charge in [-0.3, -0.25) is 4.72 Å². The van der Waals surface area contributed by atoms with Crippen LogP contribution in [0.25, 0.3) is 0 Å². The molecule has 1 saturated carbocycles. The van der Waals surface area contributed by atoms with Gasteiger partial charge in [0.15, 0.2) is 0 Å². The van der Waals surface area contributed by atoms with E-state index in [1.54, 1.807) is 12.1 Å². The fraction of sp³-hybridized carbons (Fsp3) is 0.467. The van der Waals surface area contributed by atoms with Gasteiger partial charge in [0.25, 0.3) is 0 Å². The summed E-state index contributed by atoms with van der Waals surface area (Å²) in [6, 6.07) is 5.33. The van der Waals surface area contributed by atoms with Crippen molar-refractivity contribution in [1.82, 2.24) is 0 Å². The molecule has 1 aliphatic carbocycles. The Hall–Kier alpha value is -1.51. The molecule has 0 bridgehead atoms. The first-order chi connectivity index (χ1) is 9.50. The van der Waals surface area contributed by atoms with Crippen LogP contribution >= 0.6 is 0 Å². The van der Waals surface area contributed by atoms with Crippen LogP contribution in [0.2, 0.25) is 0 Å². The Morgan fingerprint density at radius 3 is 2.80 bits per heavy atom. The largest absolute Gasteiger partial charge is 0.395 e. The minimum absolute atomic E-state index is 0.0275. The molecule has 0 radical (unpaired) electrons. The molecule has 2 rings (SSSR count). The molecule has 0 unspecified atom stereocenters. The number of benzene rings is 1. The number of aliphatic hydroxyl groups is 1. The third-order valence-electron chi connectivity index (χ3n) is 3.12. The van der Waals surface area contributed by atoms with E-state index in [4.69, 9.17) is 5.11 Å². The van der Waals surface area contributed by atoms with Gasteiger partial charge in [0.05, 0.1) is 12.4 Å². The third-order valence-corrected chi connectivity index (χ3v) is 4.58. The fourth-order valence-electron chi connectivity index (χ4n) is 1.85. The van der Waals surface area contributed by atoms with Crippen LogP contribution in [0.1, 0.15) is 30.4 Å². The Labute approximate surface area is 120 Å². The van der Waals surface area contributed by atoms with Crippen LogP contribution in [0.5, 0.6) is 0 Å². The van der Waals surface area contributed by atoms with E-state index in [0.717, 1.165) is 24.0 Å². The minimum Gasteiger partial charge on any atom is -0.395 e. The molecule has 1 aromatic rings. The van der Waals surface area contributed by atoms with Gasteiger partial charge in [-0.1, -0.05) is 17.9 Å². The first kappa shape index (κ1) is 14.9. The molecule has 1 aliphatic rings. The first-order valence-electron chi connectivity index (χ1n) is 6.71. The summed E-state index contributed by atoms with van der Waals surface area (Å²) < 4.78 is 26.5. The Morgan fingerprint density at radius 2 is 2.15 bits per heavy atom. The SMILES string of the molecule is Cc1ccc(NS(=O)(=O)CC2CC2)cc1C#CCCO. The summed E-state index contributed by atoms with van der Waals surface area (Å²) in [5.41, 5.74) is 2.32. The first-order valence-corrected chi connectivity index (χ1v) is 8.36. The number of nitrogens with one attached hydrogen (secondary N) is 1. The summed E-state index contributed by atoms with van der Waals surface area (Å²) in [5.74, 6) is 6.32. The Kier molecular flexibility index (Phi) is 4.69. The van der Waals surface area contributed by atoms with E-state index >= 15 is 0 Å². The monoisotopic (exact) mass is 293 g/mol. The second-order valence-electron chi connectivity index (χ2n) is 5.13. The molecule has 0 amide bonds. The molecule has 0 heterocycles. The van der Waals surface area contributed by atoms with Crippen molar-refractivity contribution in [3.63, 3.8) is 0 Å². The lowest BCUT2D eigenvalue weighted by Gasteiger charge is -2.09. The number of hydrogen-bond acceptors (Lipinski definition) is 3. The van der Waals surface area contributed by atoms with E-state index in [0.29, 0.717) is 18.0 Å². The molecule has 0 aromatic heterocycles. The second-order valence-corrected chi connectivity index (χ2v) is 6.90. The number of hydrogen-bond donors (Lipinski definition) is 2. The quantitative estimate of drug-likeness (QED) is 0.815. The van der Waals surface area contributed by atoms with E-state index in [9.17, 15) is 8.42 Å². The predicted octanol–water partition coefficient (Wildman–Crippen LogP) is 1.88. The van der Waals surface area contributed by atoms with Crippen molar-refractivity contribution in [3.8, 4) is 11.8 Å². The number of aliphatic hydroxyl groups excluding tert-OH is 1. The lowest BCUT2D eigenvalue weighted by molar-refractivity contribution is 0.305. The molecular weight excluding hydrogens is 274 g/mol. The molecule has 1 aromatic carbocycles. The van der Waals surface area contributed by atoms with Gasteiger partial charge in [-0.2, -0.15) is 0 Å². The second kappa shape index (κ2) is 6.29. The highest BCUT2D eigenvalue weighted by molar-refractivity contribution is 7.92. The molecule has 0 atom stereocenters. The van der Waals surface area contributed by atoms with Crippen LogP contribution in [-0.2, 0) is 10.0 Å². The maximum absolute atomic E-state index is 11.9. The van der Waals surface area contributed by atoms with Crippen LogP contribution < -0.4 is 4.72 Å². The number of anilines is 1. The standard InChI is InChI=1S/C15H19NO3S/c1-12-5-8-15(10-14(12)4-2-3-9-17)16-20(18,19)11-13-6-7-13/h5,8,10,13,16-17H,3,6-7,9,11H2,1H3. The van der Waals surface area contributed by atoms with Crippen molar-refractivity contribution < 1.29 is 13.5 Å². The van der Waals surface area contributed by atoms with Gasteiger partial charge in [-0.05, 0) is 43.4 Å². The van der Waals surface area contributed by atoms with Crippen LogP contribution in [0.4, 0.5) is 5.69 Å². The molecule has 108 valence electrons. The average molecular weight is 293 g/mol. The topological polar surface area (TPSA) is 66.4 Å². The van der Waals surface area contributed by atoms with E-state index < -0.39 is 10.0 Å². The lowest BCUT2D eigenvalue weighted by Crippen LogP contribution is -2.17. The van der Waals surface area contributed by atoms with Gasteiger partial charge < -0.3 is 5.11 Å². The van der Waals surface area contributed by atoms with E-state index in [-0.39, 0.29) is 12.4 Å². The Morgan fingerprint density at radius 1 is 1.40 bits per heavy atom. The van der Waals surface area contributed by atoms with Crippen molar-refractivity contribution in [2.75, 3.05) is 17.1 Å². The molecule has 2 N–H and O–H groups in total. The molecular formula is C15H19NO3S. The fourth-order valence-corrected chi connectivity index (χ4v) is 3.37. The molecule has 4 nitrogen and oxygen atoms in total. The van der Waals surface area contributed by atoms with Gasteiger partial charge in [-0.15, -0.1) is 0 Å². The average Bonchev–Trinajstić information content (AvgIpc) is 3.16. The maximum atomic E-state index is 11.9. The molecule has 0 spiro atoms. The number of rotatable bonds is 5. The van der Waals surface area contributed by atoms with Crippen LogP contribution in [0, 0.1) is 24.7 Å². The van der Waals surface area contributed by atoms with Gasteiger partial charge >= 0.3 is 0 Å². The predicted molar refractivity (Wildman–Crippen MR) is 79.9 cm³/mol. The summed E-state index contributed by atoms with van der Waals surface area (Å²) in [6.45, 7) is 1.95. The minimum atomic E-state index is -3.26. The van der Waals surface area contributed by atoms with Crippen molar-refractivity contribution in [3.05, 3.63) is 29.3 Å².